The van der Waals surface area contributed by atoms with Gasteiger partial charge in [-0.3, -0.25) is 0 Å². The van der Waals surface area contributed by atoms with Crippen molar-refractivity contribution in [2.24, 2.45) is 5.92 Å². The quantitative estimate of drug-likeness (QED) is 0.480. The van der Waals surface area contributed by atoms with Crippen LogP contribution in [0.4, 0.5) is 0 Å². The molecule has 0 spiro atoms. The lowest BCUT2D eigenvalue weighted by Crippen LogP contribution is -2.36. The van der Waals surface area contributed by atoms with E-state index in [2.05, 4.69) is 27.9 Å². The van der Waals surface area contributed by atoms with Gasteiger partial charge in [0.1, 0.15) is 0 Å². The van der Waals surface area contributed by atoms with Gasteiger partial charge in [-0.25, -0.2) is 0 Å². The van der Waals surface area contributed by atoms with Crippen LogP contribution in [-0.2, 0) is 9.47 Å². The molecular weight excluding hydrogens is 270 g/mol. The molecule has 0 aromatic carbocycles. The molecular formula is C12H24BrNO2. The fourth-order valence-corrected chi connectivity index (χ4v) is 3.02. The first-order valence-electron chi connectivity index (χ1n) is 6.11. The second kappa shape index (κ2) is 8.45. The molecule has 0 N–H and O–H groups in total. The number of alkyl halides is 1. The maximum Gasteiger partial charge on any atom is 0.0593 e. The number of hydrogen-bond donors (Lipinski definition) is 0. The van der Waals surface area contributed by atoms with Crippen molar-refractivity contribution in [1.82, 2.24) is 4.90 Å². The van der Waals surface area contributed by atoms with Gasteiger partial charge in [0.15, 0.2) is 0 Å². The van der Waals surface area contributed by atoms with Crippen LogP contribution in [0.1, 0.15) is 19.3 Å². The Balaban J connectivity index is 1.84. The van der Waals surface area contributed by atoms with Gasteiger partial charge >= 0.3 is 0 Å². The molecule has 0 atom stereocenters. The van der Waals surface area contributed by atoms with Crippen molar-refractivity contribution in [3.05, 3.63) is 0 Å². The number of methoxy groups -OCH3 is 1. The zero-order valence-electron chi connectivity index (χ0n) is 10.5. The topological polar surface area (TPSA) is 21.7 Å². The molecule has 0 saturated heterocycles. The Morgan fingerprint density at radius 3 is 2.62 bits per heavy atom. The zero-order chi connectivity index (χ0) is 11.8. The van der Waals surface area contributed by atoms with Gasteiger partial charge in [0, 0.05) is 38.2 Å². The number of halogens is 1. The second-order valence-electron chi connectivity index (χ2n) is 4.66. The summed E-state index contributed by atoms with van der Waals surface area (Å²) in [6.45, 7) is 4.70. The molecule has 0 radical (unpaired) electrons. The van der Waals surface area contributed by atoms with Crippen LogP contribution >= 0.6 is 15.9 Å². The summed E-state index contributed by atoms with van der Waals surface area (Å²) in [5, 5.41) is 0. The van der Waals surface area contributed by atoms with Crippen LogP contribution in [0.2, 0.25) is 0 Å². The molecule has 1 fully saturated rings. The van der Waals surface area contributed by atoms with Crippen molar-refractivity contribution < 1.29 is 9.47 Å². The highest BCUT2D eigenvalue weighted by Gasteiger charge is 2.27. The Morgan fingerprint density at radius 2 is 2.00 bits per heavy atom. The smallest absolute Gasteiger partial charge is 0.0593 e. The first kappa shape index (κ1) is 14.4. The molecule has 4 heteroatoms. The fraction of sp³-hybridized carbons (Fsp3) is 1.00. The van der Waals surface area contributed by atoms with Crippen LogP contribution in [0.15, 0.2) is 0 Å². The van der Waals surface area contributed by atoms with E-state index in [0.29, 0.717) is 0 Å². The Bertz CT molecular complexity index is 174. The van der Waals surface area contributed by atoms with E-state index in [9.17, 15) is 0 Å². The largest absolute Gasteiger partial charge is 0.385 e. The van der Waals surface area contributed by atoms with Crippen molar-refractivity contribution in [2.75, 3.05) is 47.1 Å². The van der Waals surface area contributed by atoms with Crippen LogP contribution in [0.5, 0.6) is 0 Å². The molecule has 16 heavy (non-hydrogen) atoms. The van der Waals surface area contributed by atoms with E-state index >= 15 is 0 Å². The average molecular weight is 294 g/mol. The van der Waals surface area contributed by atoms with Crippen LogP contribution in [0.25, 0.3) is 0 Å². The predicted molar refractivity (Wildman–Crippen MR) is 70.2 cm³/mol. The van der Waals surface area contributed by atoms with Gasteiger partial charge in [-0.05, 0) is 32.2 Å². The fourth-order valence-electron chi connectivity index (χ4n) is 1.96. The van der Waals surface area contributed by atoms with Crippen molar-refractivity contribution >= 4 is 15.9 Å². The number of likely N-dealkylation sites (N-methyl/N-ethyl adjacent to an activating group) is 1. The molecule has 0 unspecified atom stereocenters. The minimum absolute atomic E-state index is 0.774. The molecule has 0 bridgehead atoms. The maximum absolute atomic E-state index is 5.53. The van der Waals surface area contributed by atoms with Crippen molar-refractivity contribution in [3.63, 3.8) is 0 Å². The third-order valence-electron chi connectivity index (χ3n) is 3.00. The number of ether oxygens (including phenoxy) is 2. The summed E-state index contributed by atoms with van der Waals surface area (Å²) in [5.41, 5.74) is 0. The molecule has 3 nitrogen and oxygen atoms in total. The van der Waals surface area contributed by atoms with Crippen LogP contribution in [0.3, 0.4) is 0 Å². The van der Waals surface area contributed by atoms with E-state index in [0.717, 1.165) is 43.5 Å². The molecule has 1 aliphatic carbocycles. The Hall–Kier alpha value is 0.360. The zero-order valence-corrected chi connectivity index (χ0v) is 12.0. The first-order valence-corrected chi connectivity index (χ1v) is 7.03. The summed E-state index contributed by atoms with van der Waals surface area (Å²) in [7, 11) is 3.91. The summed E-state index contributed by atoms with van der Waals surface area (Å²) < 4.78 is 10.5. The number of hydrogen-bond acceptors (Lipinski definition) is 3. The van der Waals surface area contributed by atoms with Crippen molar-refractivity contribution in [3.8, 4) is 0 Å². The summed E-state index contributed by atoms with van der Waals surface area (Å²) in [5.74, 6) is 0.892. The van der Waals surface area contributed by atoms with Crippen LogP contribution in [-0.4, -0.2) is 56.8 Å². The van der Waals surface area contributed by atoms with Gasteiger partial charge in [0.2, 0.25) is 0 Å². The molecule has 0 heterocycles. The predicted octanol–water partition coefficient (Wildman–Crippen LogP) is 2.14. The highest BCUT2D eigenvalue weighted by molar-refractivity contribution is 9.09. The van der Waals surface area contributed by atoms with E-state index in [4.69, 9.17) is 9.47 Å². The molecule has 96 valence electrons. The average Bonchev–Trinajstić information content (AvgIpc) is 2.21. The monoisotopic (exact) mass is 293 g/mol. The minimum atomic E-state index is 0.774. The Morgan fingerprint density at radius 1 is 1.25 bits per heavy atom. The molecule has 1 saturated carbocycles. The standard InChI is InChI=1S/C12H24BrNO2/c1-14(10-11-8-12(13)9-11)4-7-16-6-3-5-15-2/h11-12H,3-10H2,1-2H3. The van der Waals surface area contributed by atoms with Gasteiger partial charge in [0.05, 0.1) is 6.61 Å². The van der Waals surface area contributed by atoms with Gasteiger partial charge in [0.25, 0.3) is 0 Å². The number of nitrogens with zero attached hydrogens (tertiary/aromatic N) is 1. The Kier molecular flexibility index (Phi) is 7.62. The Labute approximate surface area is 108 Å². The molecule has 0 aliphatic heterocycles. The van der Waals surface area contributed by atoms with Gasteiger partial charge in [-0.1, -0.05) is 15.9 Å². The molecule has 1 rings (SSSR count). The highest BCUT2D eigenvalue weighted by Crippen LogP contribution is 2.33. The minimum Gasteiger partial charge on any atom is -0.385 e. The molecule has 0 aromatic rings. The summed E-state index contributed by atoms with van der Waals surface area (Å²) >= 11 is 3.62. The van der Waals surface area contributed by atoms with Crippen LogP contribution in [0, 0.1) is 5.92 Å². The summed E-state index contributed by atoms with van der Waals surface area (Å²) in [4.78, 5) is 3.15. The SMILES string of the molecule is COCCCOCCN(C)CC1CC(Br)C1. The highest BCUT2D eigenvalue weighted by atomic mass is 79.9. The van der Waals surface area contributed by atoms with Crippen LogP contribution < -0.4 is 0 Å². The lowest BCUT2D eigenvalue weighted by Gasteiger charge is -2.34. The first-order chi connectivity index (χ1) is 7.72. The maximum atomic E-state index is 5.53. The second-order valence-corrected chi connectivity index (χ2v) is 5.95. The molecule has 0 amide bonds. The van der Waals surface area contributed by atoms with E-state index < -0.39 is 0 Å². The van der Waals surface area contributed by atoms with E-state index in [-0.39, 0.29) is 0 Å². The van der Waals surface area contributed by atoms with E-state index in [1.165, 1.54) is 19.4 Å². The van der Waals surface area contributed by atoms with E-state index in [1.807, 2.05) is 0 Å². The molecule has 0 aromatic heterocycles. The lowest BCUT2D eigenvalue weighted by molar-refractivity contribution is 0.0826. The third-order valence-corrected chi connectivity index (χ3v) is 3.75. The summed E-state index contributed by atoms with van der Waals surface area (Å²) in [6, 6.07) is 0. The normalized spacial score (nSPS) is 24.8. The van der Waals surface area contributed by atoms with E-state index in [1.54, 1.807) is 7.11 Å². The van der Waals surface area contributed by atoms with Gasteiger partial charge in [-0.15, -0.1) is 0 Å². The van der Waals surface area contributed by atoms with Crippen molar-refractivity contribution in [2.45, 2.75) is 24.1 Å². The summed E-state index contributed by atoms with van der Waals surface area (Å²) in [6.07, 6.45) is 3.66. The van der Waals surface area contributed by atoms with Gasteiger partial charge in [-0.2, -0.15) is 0 Å². The number of rotatable bonds is 9. The molecule has 1 aliphatic rings. The third kappa shape index (κ3) is 6.18. The lowest BCUT2D eigenvalue weighted by atomic mass is 9.85. The van der Waals surface area contributed by atoms with Gasteiger partial charge < -0.3 is 14.4 Å². The van der Waals surface area contributed by atoms with Crippen molar-refractivity contribution in [1.29, 1.82) is 0 Å².